The van der Waals surface area contributed by atoms with Crippen molar-refractivity contribution in [2.45, 2.75) is 25.3 Å². The summed E-state index contributed by atoms with van der Waals surface area (Å²) in [5.41, 5.74) is 14.1. The number of carbonyl (C=O) groups excluding carboxylic acids is 1. The number of nitrogen functional groups attached to an aromatic ring is 1. The number of nitrogens with two attached hydrogens (primary N) is 2. The van der Waals surface area contributed by atoms with Gasteiger partial charge in [0, 0.05) is 29.4 Å². The predicted octanol–water partition coefficient (Wildman–Crippen LogP) is 0.856. The maximum absolute atomic E-state index is 11.3. The zero-order chi connectivity index (χ0) is 19.0. The summed E-state index contributed by atoms with van der Waals surface area (Å²) in [6.07, 6.45) is 5.08. The Labute approximate surface area is 154 Å². The van der Waals surface area contributed by atoms with Crippen molar-refractivity contribution in [2.24, 2.45) is 11.7 Å². The minimum Gasteiger partial charge on any atom is -0.398 e. The van der Waals surface area contributed by atoms with Gasteiger partial charge >= 0.3 is 0 Å². The summed E-state index contributed by atoms with van der Waals surface area (Å²) in [7, 11) is 0. The third kappa shape index (κ3) is 3.16. The van der Waals surface area contributed by atoms with E-state index in [-0.39, 0.29) is 17.9 Å². The molecule has 2 atom stereocenters. The van der Waals surface area contributed by atoms with E-state index >= 15 is 0 Å². The molecule has 2 aromatic heterocycles. The number of amides is 1. The van der Waals surface area contributed by atoms with E-state index < -0.39 is 0 Å². The van der Waals surface area contributed by atoms with Gasteiger partial charge in [-0.05, 0) is 37.5 Å². The van der Waals surface area contributed by atoms with Crippen LogP contribution in [0.2, 0.25) is 0 Å². The van der Waals surface area contributed by atoms with Gasteiger partial charge in [-0.15, -0.1) is 5.10 Å². The molecule has 10 nitrogen and oxygen atoms in total. The molecular formula is C17H19N9O. The standard InChI is InChI=1S/C17H19N9O/c18-7-10-6-12(3-4-13(10)19)26-16-14(24-25-26)8-21-17(23-16)22-11-2-1-9(5-11)15(20)27/h3-4,6-9,11,18H,1-2,5,19H2,(H2,20,27)(H,21,22,23)/t9-,11?/m1/s1. The molecule has 1 saturated carbocycles. The number of benzene rings is 1. The molecule has 3 aromatic rings. The van der Waals surface area contributed by atoms with Gasteiger partial charge in [-0.1, -0.05) is 5.21 Å². The Morgan fingerprint density at radius 3 is 2.96 bits per heavy atom. The van der Waals surface area contributed by atoms with Crippen LogP contribution in [0.5, 0.6) is 0 Å². The van der Waals surface area contributed by atoms with Crippen LogP contribution in [0.25, 0.3) is 16.9 Å². The molecule has 1 amide bonds. The molecule has 0 saturated heterocycles. The topological polar surface area (TPSA) is 161 Å². The van der Waals surface area contributed by atoms with Gasteiger partial charge in [0.2, 0.25) is 11.9 Å². The van der Waals surface area contributed by atoms with Crippen LogP contribution in [0.3, 0.4) is 0 Å². The highest BCUT2D eigenvalue weighted by Crippen LogP contribution is 2.27. The van der Waals surface area contributed by atoms with Crippen LogP contribution in [0.4, 0.5) is 11.6 Å². The molecule has 1 aliphatic rings. The van der Waals surface area contributed by atoms with Gasteiger partial charge in [-0.2, -0.15) is 9.67 Å². The van der Waals surface area contributed by atoms with E-state index in [9.17, 15) is 4.79 Å². The van der Waals surface area contributed by atoms with Crippen LogP contribution < -0.4 is 16.8 Å². The summed E-state index contributed by atoms with van der Waals surface area (Å²) in [4.78, 5) is 20.2. The van der Waals surface area contributed by atoms with Crippen LogP contribution in [0, 0.1) is 11.3 Å². The number of fused-ring (bicyclic) bond motifs is 1. The number of hydrogen-bond donors (Lipinski definition) is 4. The molecule has 1 aromatic carbocycles. The third-order valence-corrected chi connectivity index (χ3v) is 4.83. The average molecular weight is 365 g/mol. The molecule has 1 aliphatic carbocycles. The highest BCUT2D eigenvalue weighted by atomic mass is 16.1. The van der Waals surface area contributed by atoms with Crippen LogP contribution >= 0.6 is 0 Å². The third-order valence-electron chi connectivity index (χ3n) is 4.83. The summed E-state index contributed by atoms with van der Waals surface area (Å²) in [5.74, 6) is 0.0833. The smallest absolute Gasteiger partial charge is 0.225 e. The van der Waals surface area contributed by atoms with Gasteiger partial charge in [-0.25, -0.2) is 4.98 Å². The zero-order valence-corrected chi connectivity index (χ0v) is 14.5. The number of nitrogens with zero attached hydrogens (tertiary/aromatic N) is 5. The highest BCUT2D eigenvalue weighted by molar-refractivity contribution is 5.86. The maximum atomic E-state index is 11.3. The molecule has 6 N–H and O–H groups in total. The summed E-state index contributed by atoms with van der Waals surface area (Å²) in [6.45, 7) is 0. The van der Waals surface area contributed by atoms with Crippen molar-refractivity contribution >= 4 is 34.9 Å². The molecule has 138 valence electrons. The summed E-state index contributed by atoms with van der Waals surface area (Å²) < 4.78 is 1.58. The van der Waals surface area contributed by atoms with E-state index in [1.807, 2.05) is 0 Å². The fourth-order valence-electron chi connectivity index (χ4n) is 3.34. The lowest BCUT2D eigenvalue weighted by Gasteiger charge is -2.12. The van der Waals surface area contributed by atoms with E-state index in [1.54, 1.807) is 29.1 Å². The minimum atomic E-state index is -0.261. The van der Waals surface area contributed by atoms with Gasteiger partial charge in [0.1, 0.15) is 0 Å². The fraction of sp³-hybridized carbons (Fsp3) is 0.294. The van der Waals surface area contributed by atoms with Crippen molar-refractivity contribution < 1.29 is 4.79 Å². The lowest BCUT2D eigenvalue weighted by Crippen LogP contribution is -2.23. The van der Waals surface area contributed by atoms with Gasteiger partial charge < -0.3 is 22.2 Å². The number of primary amides is 1. The van der Waals surface area contributed by atoms with E-state index in [4.69, 9.17) is 16.9 Å². The maximum Gasteiger partial charge on any atom is 0.225 e. The Morgan fingerprint density at radius 1 is 1.37 bits per heavy atom. The van der Waals surface area contributed by atoms with Crippen molar-refractivity contribution in [3.05, 3.63) is 30.0 Å². The highest BCUT2D eigenvalue weighted by Gasteiger charge is 2.28. The minimum absolute atomic E-state index is 0.102. The molecule has 1 unspecified atom stereocenters. The van der Waals surface area contributed by atoms with Crippen molar-refractivity contribution in [1.29, 1.82) is 5.41 Å². The SMILES string of the molecule is N=Cc1cc(-n2nnc3cnc(NC4CC[C@@H](C(N)=O)C4)nc32)ccc1N. The zero-order valence-electron chi connectivity index (χ0n) is 14.5. The largest absolute Gasteiger partial charge is 0.398 e. The van der Waals surface area contributed by atoms with Crippen LogP contribution in [0.1, 0.15) is 24.8 Å². The number of aromatic nitrogens is 5. The molecule has 10 heteroatoms. The van der Waals surface area contributed by atoms with Crippen molar-refractivity contribution in [3.63, 3.8) is 0 Å². The second-order valence-corrected chi connectivity index (χ2v) is 6.61. The first-order chi connectivity index (χ1) is 13.0. The van der Waals surface area contributed by atoms with E-state index in [2.05, 4.69) is 25.6 Å². The second-order valence-electron chi connectivity index (χ2n) is 6.61. The molecule has 0 spiro atoms. The van der Waals surface area contributed by atoms with E-state index in [1.165, 1.54) is 6.21 Å². The lowest BCUT2D eigenvalue weighted by molar-refractivity contribution is -0.121. The Kier molecular flexibility index (Phi) is 4.15. The van der Waals surface area contributed by atoms with Crippen molar-refractivity contribution in [2.75, 3.05) is 11.1 Å². The van der Waals surface area contributed by atoms with Gasteiger partial charge in [-0.3, -0.25) is 4.79 Å². The predicted molar refractivity (Wildman–Crippen MR) is 101 cm³/mol. The molecule has 0 aliphatic heterocycles. The van der Waals surface area contributed by atoms with Crippen molar-refractivity contribution in [3.8, 4) is 5.69 Å². The Hall–Kier alpha value is -3.56. The fourth-order valence-corrected chi connectivity index (χ4v) is 3.34. The first-order valence-electron chi connectivity index (χ1n) is 8.60. The monoisotopic (exact) mass is 365 g/mol. The van der Waals surface area contributed by atoms with Crippen LogP contribution in [-0.2, 0) is 4.79 Å². The first-order valence-corrected chi connectivity index (χ1v) is 8.60. The number of carbonyl (C=O) groups is 1. The van der Waals surface area contributed by atoms with Gasteiger partial charge in [0.05, 0.1) is 11.9 Å². The summed E-state index contributed by atoms with van der Waals surface area (Å²) >= 11 is 0. The van der Waals surface area contributed by atoms with E-state index in [0.29, 0.717) is 40.5 Å². The first kappa shape index (κ1) is 16.9. The van der Waals surface area contributed by atoms with Crippen LogP contribution in [-0.4, -0.2) is 43.1 Å². The molecule has 27 heavy (non-hydrogen) atoms. The molecule has 0 radical (unpaired) electrons. The van der Waals surface area contributed by atoms with Gasteiger partial charge in [0.15, 0.2) is 11.2 Å². The van der Waals surface area contributed by atoms with Crippen LogP contribution in [0.15, 0.2) is 24.4 Å². The summed E-state index contributed by atoms with van der Waals surface area (Å²) in [6, 6.07) is 5.36. The molecule has 1 fully saturated rings. The van der Waals surface area contributed by atoms with Gasteiger partial charge in [0.25, 0.3) is 0 Å². The molecule has 0 bridgehead atoms. The lowest BCUT2D eigenvalue weighted by atomic mass is 10.1. The number of rotatable bonds is 5. The molecule has 4 rings (SSSR count). The normalized spacial score (nSPS) is 19.3. The number of nitrogens with one attached hydrogen (secondary N) is 2. The van der Waals surface area contributed by atoms with E-state index in [0.717, 1.165) is 12.8 Å². The average Bonchev–Trinajstić information content (AvgIpc) is 3.29. The Bertz CT molecular complexity index is 1030. The number of hydrogen-bond acceptors (Lipinski definition) is 8. The van der Waals surface area contributed by atoms with Crippen molar-refractivity contribution in [1.82, 2.24) is 25.0 Å². The Balaban J connectivity index is 1.64. The summed E-state index contributed by atoms with van der Waals surface area (Å²) in [5, 5.41) is 18.9. The quantitative estimate of drug-likeness (QED) is 0.385. The molecule has 2 heterocycles. The number of anilines is 2. The Morgan fingerprint density at radius 2 is 2.22 bits per heavy atom. The molecular weight excluding hydrogens is 346 g/mol. The second kappa shape index (κ2) is 6.63.